The number of phenols is 3. The van der Waals surface area contributed by atoms with E-state index in [-0.39, 0.29) is 17.2 Å². The quantitative estimate of drug-likeness (QED) is 0.0924. The molecule has 6 N–H and O–H groups in total. The van der Waals surface area contributed by atoms with Gasteiger partial charge in [-0.3, -0.25) is 0 Å². The van der Waals surface area contributed by atoms with Crippen LogP contribution in [0.5, 0.6) is 17.2 Å². The van der Waals surface area contributed by atoms with Gasteiger partial charge in [0.1, 0.15) is 34.7 Å². The maximum absolute atomic E-state index is 9.75. The van der Waals surface area contributed by atoms with E-state index in [0.29, 0.717) is 0 Å². The van der Waals surface area contributed by atoms with Crippen molar-refractivity contribution < 1.29 is 15.3 Å². The molecule has 0 amide bonds. The van der Waals surface area contributed by atoms with Crippen LogP contribution in [-0.4, -0.2) is 45.2 Å². The second-order valence-corrected chi connectivity index (χ2v) is 11.2. The summed E-state index contributed by atoms with van der Waals surface area (Å²) in [6, 6.07) is 21.8. The van der Waals surface area contributed by atoms with Crippen LogP contribution in [0, 0.1) is 0 Å². The van der Waals surface area contributed by atoms with Gasteiger partial charge in [0.05, 0.1) is 33.8 Å². The summed E-state index contributed by atoms with van der Waals surface area (Å²) in [4.78, 5) is 23.4. The van der Waals surface area contributed by atoms with E-state index in [1.165, 1.54) is 0 Å². The van der Waals surface area contributed by atoms with Crippen LogP contribution in [0.1, 0.15) is 75.7 Å². The number of aryl methyl sites for hydroxylation is 6. The standard InChI is InChI=1S/3C13H16N2O/c3*1-3-10-11(4-2)15-13(14-10)9-7-5-6-8-12(9)16/h3*5-8,16H,3-4H2,1-2H3,(H,14,15). The lowest BCUT2D eigenvalue weighted by atomic mass is 10.2. The molecule has 252 valence electrons. The Kier molecular flexibility index (Phi) is 12.6. The van der Waals surface area contributed by atoms with E-state index >= 15 is 0 Å². The molecule has 0 bridgehead atoms. The summed E-state index contributed by atoms with van der Waals surface area (Å²) in [5.41, 5.74) is 9.00. The van der Waals surface area contributed by atoms with E-state index in [9.17, 15) is 15.3 Å². The van der Waals surface area contributed by atoms with Crippen LogP contribution in [0.3, 0.4) is 0 Å². The molecule has 0 spiro atoms. The van der Waals surface area contributed by atoms with Crippen LogP contribution in [0.15, 0.2) is 72.8 Å². The molecule has 9 nitrogen and oxygen atoms in total. The minimum absolute atomic E-state index is 0.265. The largest absolute Gasteiger partial charge is 0.507 e. The van der Waals surface area contributed by atoms with Gasteiger partial charge in [0.2, 0.25) is 0 Å². The van der Waals surface area contributed by atoms with Crippen molar-refractivity contribution in [2.75, 3.05) is 0 Å². The molecule has 48 heavy (non-hydrogen) atoms. The summed E-state index contributed by atoms with van der Waals surface area (Å²) in [7, 11) is 0. The molecule has 6 aromatic rings. The highest BCUT2D eigenvalue weighted by molar-refractivity contribution is 5.65. The molecule has 9 heteroatoms. The average Bonchev–Trinajstić information content (AvgIpc) is 3.85. The third-order valence-electron chi connectivity index (χ3n) is 8.14. The molecule has 0 saturated carbocycles. The predicted octanol–water partition coefficient (Wildman–Crippen LogP) is 8.72. The molecule has 0 unspecified atom stereocenters. The number of benzene rings is 3. The van der Waals surface area contributed by atoms with Crippen LogP contribution < -0.4 is 0 Å². The highest BCUT2D eigenvalue weighted by atomic mass is 16.3. The molecule has 0 radical (unpaired) electrons. The molecule has 0 aliphatic carbocycles. The van der Waals surface area contributed by atoms with E-state index in [1.807, 2.05) is 54.6 Å². The molecule has 3 heterocycles. The average molecular weight is 649 g/mol. The van der Waals surface area contributed by atoms with Gasteiger partial charge in [0.25, 0.3) is 0 Å². The summed E-state index contributed by atoms with van der Waals surface area (Å²) in [6.45, 7) is 12.6. The zero-order valence-electron chi connectivity index (χ0n) is 28.9. The van der Waals surface area contributed by atoms with Gasteiger partial charge in [-0.25, -0.2) is 15.0 Å². The first kappa shape index (κ1) is 35.5. The number of aromatic amines is 3. The van der Waals surface area contributed by atoms with Crippen LogP contribution in [-0.2, 0) is 38.5 Å². The SMILES string of the molecule is CCc1nc(-c2ccccc2O)[nH]c1CC.CCc1nc(-c2ccccc2O)[nH]c1CC.CCc1nc(-c2ccccc2O)[nH]c1CC. The molecule has 6 rings (SSSR count). The zero-order chi connectivity index (χ0) is 34.6. The number of hydrogen-bond acceptors (Lipinski definition) is 6. The highest BCUT2D eigenvalue weighted by Gasteiger charge is 2.13. The van der Waals surface area contributed by atoms with Crippen LogP contribution in [0.2, 0.25) is 0 Å². The topological polar surface area (TPSA) is 147 Å². The maximum atomic E-state index is 9.75. The van der Waals surface area contributed by atoms with Crippen molar-refractivity contribution in [3.05, 3.63) is 107 Å². The number of hydrogen-bond donors (Lipinski definition) is 6. The smallest absolute Gasteiger partial charge is 0.141 e. The number of nitrogens with zero attached hydrogens (tertiary/aromatic N) is 3. The summed E-state index contributed by atoms with van der Waals surface area (Å²) in [6.07, 6.45) is 5.53. The summed E-state index contributed by atoms with van der Waals surface area (Å²) in [5, 5.41) is 29.2. The monoisotopic (exact) mass is 648 g/mol. The Morgan fingerprint density at radius 2 is 0.646 bits per heavy atom. The first-order chi connectivity index (χ1) is 23.3. The van der Waals surface area contributed by atoms with Gasteiger partial charge in [0.15, 0.2) is 0 Å². The normalized spacial score (nSPS) is 10.6. The Hall–Kier alpha value is -5.31. The first-order valence-corrected chi connectivity index (χ1v) is 16.9. The molecule has 0 atom stereocenters. The second-order valence-electron chi connectivity index (χ2n) is 11.2. The zero-order valence-corrected chi connectivity index (χ0v) is 28.9. The fourth-order valence-electron chi connectivity index (χ4n) is 5.50. The Bertz CT molecular complexity index is 1620. The molecule has 3 aromatic carbocycles. The Labute approximate surface area is 283 Å². The maximum Gasteiger partial charge on any atom is 0.141 e. The molecule has 0 aliphatic heterocycles. The van der Waals surface area contributed by atoms with Crippen molar-refractivity contribution in [3.8, 4) is 51.4 Å². The minimum Gasteiger partial charge on any atom is -0.507 e. The summed E-state index contributed by atoms with van der Waals surface area (Å²) < 4.78 is 0. The number of para-hydroxylation sites is 3. The van der Waals surface area contributed by atoms with Crippen molar-refractivity contribution in [2.24, 2.45) is 0 Å². The fourth-order valence-corrected chi connectivity index (χ4v) is 5.50. The van der Waals surface area contributed by atoms with E-state index in [1.54, 1.807) is 18.2 Å². The number of nitrogens with one attached hydrogen (secondary N) is 3. The number of phenolic OH excluding ortho intramolecular Hbond substituents is 3. The van der Waals surface area contributed by atoms with Gasteiger partial charge in [-0.15, -0.1) is 0 Å². The lowest BCUT2D eigenvalue weighted by Crippen LogP contribution is -1.87. The van der Waals surface area contributed by atoms with E-state index in [2.05, 4.69) is 71.4 Å². The third-order valence-corrected chi connectivity index (χ3v) is 8.14. The summed E-state index contributed by atoms with van der Waals surface area (Å²) in [5.74, 6) is 3.06. The van der Waals surface area contributed by atoms with Crippen molar-refractivity contribution in [1.29, 1.82) is 0 Å². The predicted molar refractivity (Wildman–Crippen MR) is 193 cm³/mol. The van der Waals surface area contributed by atoms with Gasteiger partial charge in [-0.05, 0) is 74.9 Å². The summed E-state index contributed by atoms with van der Waals surface area (Å²) >= 11 is 0. The molecular formula is C39H48N6O3. The van der Waals surface area contributed by atoms with E-state index < -0.39 is 0 Å². The second kappa shape index (κ2) is 17.0. The fraction of sp³-hybridized carbons (Fsp3) is 0.308. The van der Waals surface area contributed by atoms with Crippen LogP contribution in [0.25, 0.3) is 34.2 Å². The Morgan fingerprint density at radius 3 is 0.833 bits per heavy atom. The van der Waals surface area contributed by atoms with Gasteiger partial charge >= 0.3 is 0 Å². The lowest BCUT2D eigenvalue weighted by molar-refractivity contribution is 0.476. The van der Waals surface area contributed by atoms with Gasteiger partial charge in [0, 0.05) is 17.1 Å². The lowest BCUT2D eigenvalue weighted by Gasteiger charge is -1.99. The van der Waals surface area contributed by atoms with Crippen LogP contribution in [0.4, 0.5) is 0 Å². The molecule has 3 aromatic heterocycles. The van der Waals surface area contributed by atoms with Gasteiger partial charge in [-0.1, -0.05) is 77.9 Å². The minimum atomic E-state index is 0.265. The van der Waals surface area contributed by atoms with Gasteiger partial charge in [-0.2, -0.15) is 0 Å². The van der Waals surface area contributed by atoms with E-state index in [4.69, 9.17) is 0 Å². The Morgan fingerprint density at radius 1 is 0.396 bits per heavy atom. The number of aromatic hydroxyl groups is 3. The van der Waals surface area contributed by atoms with Gasteiger partial charge < -0.3 is 30.3 Å². The van der Waals surface area contributed by atoms with Crippen LogP contribution >= 0.6 is 0 Å². The number of rotatable bonds is 9. The van der Waals surface area contributed by atoms with E-state index in [0.717, 1.165) is 107 Å². The van der Waals surface area contributed by atoms with Crippen molar-refractivity contribution in [2.45, 2.75) is 80.1 Å². The number of imidazole rings is 3. The molecular weight excluding hydrogens is 600 g/mol. The van der Waals surface area contributed by atoms with Crippen molar-refractivity contribution in [3.63, 3.8) is 0 Å². The number of H-pyrrole nitrogens is 3. The third kappa shape index (κ3) is 8.34. The van der Waals surface area contributed by atoms with Crippen molar-refractivity contribution >= 4 is 0 Å². The molecule has 0 fully saturated rings. The molecule has 0 aliphatic rings. The number of aromatic nitrogens is 6. The molecule has 0 saturated heterocycles. The van der Waals surface area contributed by atoms with Crippen molar-refractivity contribution in [1.82, 2.24) is 29.9 Å². The first-order valence-electron chi connectivity index (χ1n) is 16.9. The Balaban J connectivity index is 0.000000163. The highest BCUT2D eigenvalue weighted by Crippen LogP contribution is 2.29.